The molecule has 5 heteroatoms. The van der Waals surface area contributed by atoms with Crippen molar-refractivity contribution >= 4 is 12.6 Å². The number of rotatable bonds is 10. The zero-order chi connectivity index (χ0) is 18.4. The van der Waals surface area contributed by atoms with Gasteiger partial charge in [-0.1, -0.05) is 18.7 Å². The number of hydrogen-bond acceptors (Lipinski definition) is 5. The molecule has 2 rings (SSSR count). The van der Waals surface area contributed by atoms with Crippen LogP contribution in [0.2, 0.25) is 0 Å². The number of nitrogens with one attached hydrogen (secondary N) is 1. The average Bonchev–Trinajstić information content (AvgIpc) is 2.96. The monoisotopic (exact) mass is 343 g/mol. The van der Waals surface area contributed by atoms with Crippen LogP contribution in [0, 0.1) is 6.92 Å². The molecule has 0 bridgehead atoms. The van der Waals surface area contributed by atoms with Crippen LogP contribution in [0.3, 0.4) is 0 Å². The maximum atomic E-state index is 11.5. The van der Waals surface area contributed by atoms with E-state index in [0.717, 1.165) is 50.7 Å². The van der Waals surface area contributed by atoms with E-state index < -0.39 is 0 Å². The standard InChI is InChI=1S/C20H29N3O2/c1-15-9-18-12-23(7-8-24)13-19(18)10-17(15)11-22(4)20(14-25)6-5-16(2)21-3/h8-10,14,20-21H,2,5-7,11-13H2,1,3-4H3. The SMILES string of the molecule is C=C(CCC(C=O)N(C)Cc1cc2c(cc1C)CN(CC=O)C2)NC. The van der Waals surface area contributed by atoms with Gasteiger partial charge in [0, 0.05) is 32.4 Å². The van der Waals surface area contributed by atoms with Gasteiger partial charge < -0.3 is 14.9 Å². The first-order valence-corrected chi connectivity index (χ1v) is 8.76. The number of hydrogen-bond donors (Lipinski definition) is 1. The van der Waals surface area contributed by atoms with Gasteiger partial charge in [0.15, 0.2) is 0 Å². The lowest BCUT2D eigenvalue weighted by atomic mass is 10.00. The molecule has 25 heavy (non-hydrogen) atoms. The molecule has 0 amide bonds. The number of allylic oxidation sites excluding steroid dienone is 1. The van der Waals surface area contributed by atoms with Crippen molar-refractivity contribution in [2.75, 3.05) is 20.6 Å². The highest BCUT2D eigenvalue weighted by Gasteiger charge is 2.21. The third kappa shape index (κ3) is 5.00. The molecule has 1 atom stereocenters. The Balaban J connectivity index is 2.04. The number of benzene rings is 1. The smallest absolute Gasteiger partial charge is 0.137 e. The second kappa shape index (κ2) is 8.92. The van der Waals surface area contributed by atoms with Crippen LogP contribution in [0.5, 0.6) is 0 Å². The molecular weight excluding hydrogens is 314 g/mol. The zero-order valence-corrected chi connectivity index (χ0v) is 15.5. The number of aryl methyl sites for hydroxylation is 1. The Morgan fingerprint density at radius 3 is 2.64 bits per heavy atom. The van der Waals surface area contributed by atoms with E-state index >= 15 is 0 Å². The van der Waals surface area contributed by atoms with Crippen molar-refractivity contribution in [3.8, 4) is 0 Å². The molecule has 0 aromatic heterocycles. The fourth-order valence-corrected chi connectivity index (χ4v) is 3.33. The Hall–Kier alpha value is -1.98. The third-order valence-corrected chi connectivity index (χ3v) is 5.02. The van der Waals surface area contributed by atoms with Crippen LogP contribution >= 0.6 is 0 Å². The zero-order valence-electron chi connectivity index (χ0n) is 15.5. The van der Waals surface area contributed by atoms with Gasteiger partial charge in [-0.2, -0.15) is 0 Å². The van der Waals surface area contributed by atoms with Crippen LogP contribution in [0.4, 0.5) is 0 Å². The first kappa shape index (κ1) is 19.3. The molecule has 1 unspecified atom stereocenters. The molecule has 1 aliphatic heterocycles. The lowest BCUT2D eigenvalue weighted by molar-refractivity contribution is -0.112. The van der Waals surface area contributed by atoms with Gasteiger partial charge in [0.25, 0.3) is 0 Å². The highest BCUT2D eigenvalue weighted by molar-refractivity contribution is 5.57. The molecule has 5 nitrogen and oxygen atoms in total. The summed E-state index contributed by atoms with van der Waals surface area (Å²) in [5.41, 5.74) is 6.03. The van der Waals surface area contributed by atoms with E-state index in [2.05, 4.69) is 40.8 Å². The van der Waals surface area contributed by atoms with Gasteiger partial charge in [-0.15, -0.1) is 0 Å². The number of likely N-dealkylation sites (N-methyl/N-ethyl adjacent to an activating group) is 1. The van der Waals surface area contributed by atoms with E-state index in [1.54, 1.807) is 0 Å². The first-order valence-electron chi connectivity index (χ1n) is 8.76. The van der Waals surface area contributed by atoms with Crippen molar-refractivity contribution < 1.29 is 9.59 Å². The molecule has 0 saturated heterocycles. The lowest BCUT2D eigenvalue weighted by Gasteiger charge is -2.25. The van der Waals surface area contributed by atoms with Gasteiger partial charge in [-0.05, 0) is 49.1 Å². The molecule has 1 aromatic carbocycles. The molecule has 0 radical (unpaired) electrons. The molecule has 1 heterocycles. The number of aldehydes is 2. The Bertz CT molecular complexity index is 642. The number of fused-ring (bicyclic) bond motifs is 1. The van der Waals surface area contributed by atoms with E-state index in [1.165, 1.54) is 22.3 Å². The van der Waals surface area contributed by atoms with Gasteiger partial charge >= 0.3 is 0 Å². The minimum atomic E-state index is -0.121. The Kier molecular flexibility index (Phi) is 6.91. The normalized spacial score (nSPS) is 15.0. The van der Waals surface area contributed by atoms with Crippen molar-refractivity contribution in [3.05, 3.63) is 46.7 Å². The van der Waals surface area contributed by atoms with Crippen molar-refractivity contribution in [2.24, 2.45) is 0 Å². The van der Waals surface area contributed by atoms with Crippen LogP contribution in [0.15, 0.2) is 24.4 Å². The van der Waals surface area contributed by atoms with E-state index in [4.69, 9.17) is 0 Å². The lowest BCUT2D eigenvalue weighted by Crippen LogP contribution is -2.33. The van der Waals surface area contributed by atoms with Gasteiger partial charge in [0.1, 0.15) is 12.6 Å². The van der Waals surface area contributed by atoms with E-state index in [0.29, 0.717) is 6.54 Å². The van der Waals surface area contributed by atoms with Gasteiger partial charge in [-0.3, -0.25) is 9.80 Å². The summed E-state index contributed by atoms with van der Waals surface area (Å²) in [5, 5.41) is 3.03. The number of carbonyl (C=O) groups excluding carboxylic acids is 2. The first-order chi connectivity index (χ1) is 12.0. The second-order valence-electron chi connectivity index (χ2n) is 6.89. The summed E-state index contributed by atoms with van der Waals surface area (Å²) in [6.45, 7) is 8.92. The van der Waals surface area contributed by atoms with Crippen molar-refractivity contribution in [1.29, 1.82) is 0 Å². The second-order valence-corrected chi connectivity index (χ2v) is 6.89. The summed E-state index contributed by atoms with van der Waals surface area (Å²) in [6, 6.07) is 4.34. The molecule has 0 saturated carbocycles. The summed E-state index contributed by atoms with van der Waals surface area (Å²) in [7, 11) is 3.84. The number of nitrogens with zero attached hydrogens (tertiary/aromatic N) is 2. The van der Waals surface area contributed by atoms with Crippen LogP contribution in [-0.2, 0) is 29.2 Å². The maximum Gasteiger partial charge on any atom is 0.137 e. The fraction of sp³-hybridized carbons (Fsp3) is 0.500. The summed E-state index contributed by atoms with van der Waals surface area (Å²) in [5.74, 6) is 0. The van der Waals surface area contributed by atoms with Crippen LogP contribution < -0.4 is 5.32 Å². The summed E-state index contributed by atoms with van der Waals surface area (Å²) in [4.78, 5) is 26.5. The Morgan fingerprint density at radius 2 is 2.04 bits per heavy atom. The van der Waals surface area contributed by atoms with Gasteiger partial charge in [0.2, 0.25) is 0 Å². The van der Waals surface area contributed by atoms with E-state index in [1.807, 2.05) is 14.1 Å². The average molecular weight is 343 g/mol. The Morgan fingerprint density at radius 1 is 1.36 bits per heavy atom. The third-order valence-electron chi connectivity index (χ3n) is 5.02. The molecule has 0 fully saturated rings. The predicted octanol–water partition coefficient (Wildman–Crippen LogP) is 2.02. The molecule has 1 aromatic rings. The highest BCUT2D eigenvalue weighted by Crippen LogP contribution is 2.26. The minimum absolute atomic E-state index is 0.121. The minimum Gasteiger partial charge on any atom is -0.392 e. The molecule has 0 aliphatic carbocycles. The van der Waals surface area contributed by atoms with Crippen LogP contribution in [0.25, 0.3) is 0 Å². The van der Waals surface area contributed by atoms with Crippen molar-refractivity contribution in [2.45, 2.75) is 45.4 Å². The fourth-order valence-electron chi connectivity index (χ4n) is 3.33. The quantitative estimate of drug-likeness (QED) is 0.659. The molecule has 1 N–H and O–H groups in total. The van der Waals surface area contributed by atoms with Crippen LogP contribution in [-0.4, -0.2) is 49.1 Å². The summed E-state index contributed by atoms with van der Waals surface area (Å²) < 4.78 is 0. The maximum absolute atomic E-state index is 11.5. The van der Waals surface area contributed by atoms with Crippen molar-refractivity contribution in [3.63, 3.8) is 0 Å². The molecule has 1 aliphatic rings. The van der Waals surface area contributed by atoms with Gasteiger partial charge in [0.05, 0.1) is 12.6 Å². The number of carbonyl (C=O) groups is 2. The topological polar surface area (TPSA) is 52.7 Å². The Labute approximate surface area is 150 Å². The van der Waals surface area contributed by atoms with E-state index in [-0.39, 0.29) is 6.04 Å². The molecule has 0 spiro atoms. The van der Waals surface area contributed by atoms with Crippen LogP contribution in [0.1, 0.15) is 35.1 Å². The molecule has 136 valence electrons. The summed E-state index contributed by atoms with van der Waals surface area (Å²) >= 11 is 0. The highest BCUT2D eigenvalue weighted by atomic mass is 16.1. The van der Waals surface area contributed by atoms with E-state index in [9.17, 15) is 9.59 Å². The van der Waals surface area contributed by atoms with Crippen molar-refractivity contribution in [1.82, 2.24) is 15.1 Å². The largest absolute Gasteiger partial charge is 0.392 e. The summed E-state index contributed by atoms with van der Waals surface area (Å²) in [6.07, 6.45) is 3.53. The predicted molar refractivity (Wildman–Crippen MR) is 100 cm³/mol. The molecular formula is C20H29N3O2. The van der Waals surface area contributed by atoms with Gasteiger partial charge in [-0.25, -0.2) is 0 Å².